The second kappa shape index (κ2) is 7.12. The van der Waals surface area contributed by atoms with Gasteiger partial charge in [0, 0.05) is 13.1 Å². The molecule has 1 aromatic carbocycles. The third-order valence-corrected chi connectivity index (χ3v) is 3.82. The molecule has 0 aliphatic carbocycles. The molecular formula is C16H18N2O6. The number of carboxylic acid groups (broad SMARTS) is 1. The number of ether oxygens (including phenoxy) is 1. The molecule has 0 spiro atoms. The highest BCUT2D eigenvalue weighted by molar-refractivity contribution is 6.05. The Morgan fingerprint density at radius 1 is 1.21 bits per heavy atom. The number of benzene rings is 1. The van der Waals surface area contributed by atoms with E-state index in [4.69, 9.17) is 5.11 Å². The summed E-state index contributed by atoms with van der Waals surface area (Å²) >= 11 is 0. The molecule has 0 aromatic heterocycles. The predicted octanol–water partition coefficient (Wildman–Crippen LogP) is 1.10. The van der Waals surface area contributed by atoms with E-state index in [9.17, 15) is 19.2 Å². The zero-order chi connectivity index (χ0) is 17.9. The molecular weight excluding hydrogens is 316 g/mol. The van der Waals surface area contributed by atoms with Crippen LogP contribution in [0.25, 0.3) is 0 Å². The molecule has 0 bridgehead atoms. The second-order valence-electron chi connectivity index (χ2n) is 5.30. The van der Waals surface area contributed by atoms with Crippen LogP contribution in [0.5, 0.6) is 0 Å². The van der Waals surface area contributed by atoms with Gasteiger partial charge in [-0.1, -0.05) is 12.1 Å². The topological polar surface area (TPSA) is 104 Å². The van der Waals surface area contributed by atoms with Gasteiger partial charge in [-0.25, -0.2) is 9.59 Å². The largest absolute Gasteiger partial charge is 0.481 e. The Morgan fingerprint density at radius 3 is 2.33 bits per heavy atom. The molecule has 1 N–H and O–H groups in total. The highest BCUT2D eigenvalue weighted by atomic mass is 16.5. The van der Waals surface area contributed by atoms with Gasteiger partial charge in [0.1, 0.15) is 6.04 Å². The van der Waals surface area contributed by atoms with Crippen LogP contribution in [-0.2, 0) is 20.9 Å². The summed E-state index contributed by atoms with van der Waals surface area (Å²) in [5.74, 6) is -2.13. The Kier molecular flexibility index (Phi) is 5.18. The van der Waals surface area contributed by atoms with E-state index in [1.807, 2.05) is 0 Å². The Labute approximate surface area is 138 Å². The lowest BCUT2D eigenvalue weighted by Crippen LogP contribution is -2.36. The maximum Gasteiger partial charge on any atom is 0.337 e. The summed E-state index contributed by atoms with van der Waals surface area (Å²) in [7, 11) is 1.28. The number of esters is 1. The number of nitrogens with zero attached hydrogens (tertiary/aromatic N) is 2. The average Bonchev–Trinajstić information content (AvgIpc) is 2.78. The van der Waals surface area contributed by atoms with Gasteiger partial charge in [-0.3, -0.25) is 14.5 Å². The van der Waals surface area contributed by atoms with E-state index >= 15 is 0 Å². The normalized spacial score (nSPS) is 17.3. The van der Waals surface area contributed by atoms with Crippen molar-refractivity contribution in [3.63, 3.8) is 0 Å². The molecule has 0 radical (unpaired) electrons. The van der Waals surface area contributed by atoms with E-state index in [2.05, 4.69) is 4.74 Å². The lowest BCUT2D eigenvalue weighted by atomic mass is 10.1. The molecule has 0 saturated carbocycles. The number of carbonyl (C=O) groups is 4. The molecule has 0 unspecified atom stereocenters. The number of amides is 3. The number of rotatable bonds is 6. The zero-order valence-electron chi connectivity index (χ0n) is 13.4. The Bertz CT molecular complexity index is 670. The Morgan fingerprint density at radius 2 is 1.83 bits per heavy atom. The lowest BCUT2D eigenvalue weighted by molar-refractivity contribution is -0.141. The first kappa shape index (κ1) is 17.5. The highest BCUT2D eigenvalue weighted by Gasteiger charge is 2.45. The van der Waals surface area contributed by atoms with Crippen molar-refractivity contribution in [2.24, 2.45) is 0 Å². The van der Waals surface area contributed by atoms with Crippen molar-refractivity contribution >= 4 is 23.9 Å². The van der Waals surface area contributed by atoms with E-state index < -0.39 is 36.3 Å². The molecule has 1 atom stereocenters. The third kappa shape index (κ3) is 3.37. The molecule has 1 aromatic rings. The quantitative estimate of drug-likeness (QED) is 0.617. The van der Waals surface area contributed by atoms with Crippen molar-refractivity contribution in [3.05, 3.63) is 35.4 Å². The summed E-state index contributed by atoms with van der Waals surface area (Å²) in [6.07, 6.45) is -0.443. The molecule has 1 saturated heterocycles. The number of hydrogen-bond acceptors (Lipinski definition) is 5. The number of aliphatic carboxylic acids is 1. The first-order chi connectivity index (χ1) is 11.4. The van der Waals surface area contributed by atoms with Gasteiger partial charge >= 0.3 is 18.0 Å². The van der Waals surface area contributed by atoms with Gasteiger partial charge in [-0.05, 0) is 24.6 Å². The van der Waals surface area contributed by atoms with Crippen molar-refractivity contribution in [1.82, 2.24) is 9.80 Å². The molecule has 3 amide bonds. The van der Waals surface area contributed by atoms with Crippen LogP contribution in [0.15, 0.2) is 24.3 Å². The van der Waals surface area contributed by atoms with Crippen LogP contribution in [0.4, 0.5) is 4.79 Å². The average molecular weight is 334 g/mol. The third-order valence-electron chi connectivity index (χ3n) is 3.82. The van der Waals surface area contributed by atoms with E-state index in [0.717, 1.165) is 4.90 Å². The number of carboxylic acids is 1. The van der Waals surface area contributed by atoms with Crippen LogP contribution in [0.1, 0.15) is 29.3 Å². The smallest absolute Gasteiger partial charge is 0.337 e. The van der Waals surface area contributed by atoms with E-state index in [1.54, 1.807) is 31.2 Å². The van der Waals surface area contributed by atoms with Crippen LogP contribution < -0.4 is 0 Å². The van der Waals surface area contributed by atoms with Gasteiger partial charge in [0.15, 0.2) is 0 Å². The molecule has 1 aliphatic heterocycles. The van der Waals surface area contributed by atoms with Gasteiger partial charge in [0.05, 0.1) is 19.1 Å². The number of methoxy groups -OCH3 is 1. The van der Waals surface area contributed by atoms with Gasteiger partial charge in [-0.15, -0.1) is 0 Å². The maximum absolute atomic E-state index is 12.3. The molecule has 128 valence electrons. The maximum atomic E-state index is 12.3. The fraction of sp³-hybridized carbons (Fsp3) is 0.375. The van der Waals surface area contributed by atoms with Crippen molar-refractivity contribution in [2.75, 3.05) is 13.7 Å². The summed E-state index contributed by atoms with van der Waals surface area (Å²) in [5.41, 5.74) is 1.04. The Balaban J connectivity index is 2.21. The highest BCUT2D eigenvalue weighted by Crippen LogP contribution is 2.23. The first-order valence-corrected chi connectivity index (χ1v) is 7.40. The molecule has 1 aliphatic rings. The van der Waals surface area contributed by atoms with Crippen molar-refractivity contribution in [2.45, 2.75) is 25.9 Å². The fourth-order valence-corrected chi connectivity index (χ4v) is 2.59. The zero-order valence-corrected chi connectivity index (χ0v) is 13.4. The molecule has 24 heavy (non-hydrogen) atoms. The molecule has 2 rings (SSSR count). The van der Waals surface area contributed by atoms with Crippen LogP contribution in [0.3, 0.4) is 0 Å². The van der Waals surface area contributed by atoms with Crippen LogP contribution in [-0.4, -0.2) is 58.5 Å². The molecule has 8 nitrogen and oxygen atoms in total. The lowest BCUT2D eigenvalue weighted by Gasteiger charge is -2.20. The molecule has 1 fully saturated rings. The minimum absolute atomic E-state index is 0.0838. The van der Waals surface area contributed by atoms with Crippen LogP contribution in [0.2, 0.25) is 0 Å². The van der Waals surface area contributed by atoms with E-state index in [1.165, 1.54) is 12.0 Å². The van der Waals surface area contributed by atoms with Gasteiger partial charge in [0.2, 0.25) is 0 Å². The van der Waals surface area contributed by atoms with E-state index in [-0.39, 0.29) is 13.1 Å². The Hall–Kier alpha value is -2.90. The molecule has 8 heteroatoms. The van der Waals surface area contributed by atoms with Gasteiger partial charge < -0.3 is 14.7 Å². The SMILES string of the molecule is CCN1C(=O)[C@H](CC(=O)O)N(Cc2ccc(C(=O)OC)cc2)C1=O. The predicted molar refractivity (Wildman–Crippen MR) is 82.1 cm³/mol. The van der Waals surface area contributed by atoms with Crippen LogP contribution in [0, 0.1) is 0 Å². The molecule has 1 heterocycles. The van der Waals surface area contributed by atoms with Crippen LogP contribution >= 0.6 is 0 Å². The second-order valence-corrected chi connectivity index (χ2v) is 5.30. The van der Waals surface area contributed by atoms with Crippen molar-refractivity contribution < 1.29 is 29.0 Å². The van der Waals surface area contributed by atoms with E-state index in [0.29, 0.717) is 11.1 Å². The number of imide groups is 1. The summed E-state index contributed by atoms with van der Waals surface area (Å²) < 4.78 is 4.61. The minimum atomic E-state index is -1.15. The number of hydrogen-bond donors (Lipinski definition) is 1. The summed E-state index contributed by atoms with van der Waals surface area (Å²) in [5, 5.41) is 8.99. The van der Waals surface area contributed by atoms with Crippen molar-refractivity contribution in [3.8, 4) is 0 Å². The number of urea groups is 1. The first-order valence-electron chi connectivity index (χ1n) is 7.40. The van der Waals surface area contributed by atoms with Gasteiger partial charge in [0.25, 0.3) is 5.91 Å². The minimum Gasteiger partial charge on any atom is -0.481 e. The number of carbonyl (C=O) groups excluding carboxylic acids is 3. The van der Waals surface area contributed by atoms with Crippen molar-refractivity contribution in [1.29, 1.82) is 0 Å². The fourth-order valence-electron chi connectivity index (χ4n) is 2.59. The standard InChI is InChI=1S/C16H18N2O6/c1-3-17-14(21)12(8-13(19)20)18(16(17)23)9-10-4-6-11(7-5-10)15(22)24-2/h4-7,12H,3,8-9H2,1-2H3,(H,19,20)/t12-/m0/s1. The van der Waals surface area contributed by atoms with Gasteiger partial charge in [-0.2, -0.15) is 0 Å². The summed E-state index contributed by atoms with van der Waals surface area (Å²) in [6.45, 7) is 1.92. The summed E-state index contributed by atoms with van der Waals surface area (Å²) in [6, 6.07) is 4.84. The summed E-state index contributed by atoms with van der Waals surface area (Å²) in [4.78, 5) is 49.2. The monoisotopic (exact) mass is 334 g/mol. The number of likely N-dealkylation sites (N-methyl/N-ethyl adjacent to an activating group) is 1.